The zero-order valence-electron chi connectivity index (χ0n) is 23.6. The smallest absolute Gasteiger partial charge is 0.256 e. The largest absolute Gasteiger partial charge is 0.339 e. The first-order valence-corrected chi connectivity index (χ1v) is 13.8. The predicted octanol–water partition coefficient (Wildman–Crippen LogP) is 5.82. The lowest BCUT2D eigenvalue weighted by Gasteiger charge is -2.30. The number of likely N-dealkylation sites (tertiary alicyclic amines) is 1. The molecule has 1 aromatic carbocycles. The number of halogens is 1. The maximum Gasteiger partial charge on any atom is 0.256 e. The molecule has 2 aromatic heterocycles. The SMILES string of the molecule is Cc1cncc2c1c(C[C@H]1CCN([C@H](CCC=O)C(C)C)C1)cn2-c1ccc(F)cc1C(=O)N(C)C(C)C. The van der Waals surface area contributed by atoms with Gasteiger partial charge in [0.05, 0.1) is 23.0 Å². The number of aryl methyl sites for hydroxylation is 1. The molecule has 6 nitrogen and oxygen atoms in total. The Labute approximate surface area is 225 Å². The van der Waals surface area contributed by atoms with Gasteiger partial charge in [0.15, 0.2) is 0 Å². The first-order valence-electron chi connectivity index (χ1n) is 13.8. The summed E-state index contributed by atoms with van der Waals surface area (Å²) in [7, 11) is 1.75. The Morgan fingerprint density at radius 1 is 1.24 bits per heavy atom. The number of carbonyl (C=O) groups is 2. The van der Waals surface area contributed by atoms with Gasteiger partial charge in [0, 0.05) is 49.9 Å². The summed E-state index contributed by atoms with van der Waals surface area (Å²) < 4.78 is 16.4. The molecule has 0 spiro atoms. The molecule has 0 saturated carbocycles. The number of aromatic nitrogens is 2. The Morgan fingerprint density at radius 2 is 2.00 bits per heavy atom. The number of rotatable bonds is 10. The fourth-order valence-electron chi connectivity index (χ4n) is 5.93. The first-order chi connectivity index (χ1) is 18.1. The van der Waals surface area contributed by atoms with Crippen molar-refractivity contribution in [1.82, 2.24) is 19.4 Å². The fraction of sp³-hybridized carbons (Fsp3) is 0.516. The van der Waals surface area contributed by atoms with Crippen LogP contribution >= 0.6 is 0 Å². The second-order valence-corrected chi connectivity index (χ2v) is 11.5. The van der Waals surface area contributed by atoms with Gasteiger partial charge in [-0.1, -0.05) is 13.8 Å². The quantitative estimate of drug-likeness (QED) is 0.316. The molecule has 3 aromatic rings. The third kappa shape index (κ3) is 5.68. The molecule has 1 aliphatic rings. The lowest BCUT2D eigenvalue weighted by atomic mass is 9.96. The van der Waals surface area contributed by atoms with Gasteiger partial charge >= 0.3 is 0 Å². The van der Waals surface area contributed by atoms with Crippen molar-refractivity contribution in [3.05, 3.63) is 59.3 Å². The van der Waals surface area contributed by atoms with Crippen LogP contribution in [0.5, 0.6) is 0 Å². The van der Waals surface area contributed by atoms with E-state index in [2.05, 4.69) is 36.9 Å². The topological polar surface area (TPSA) is 58.4 Å². The lowest BCUT2D eigenvalue weighted by molar-refractivity contribution is -0.108. The molecular formula is C31H41FN4O2. The van der Waals surface area contributed by atoms with E-state index in [0.29, 0.717) is 35.5 Å². The monoisotopic (exact) mass is 520 g/mol. The van der Waals surface area contributed by atoms with Crippen molar-refractivity contribution in [3.63, 3.8) is 0 Å². The summed E-state index contributed by atoms with van der Waals surface area (Å²) in [6.07, 6.45) is 10.4. The molecule has 3 heterocycles. The Balaban J connectivity index is 1.70. The van der Waals surface area contributed by atoms with E-state index in [1.54, 1.807) is 18.0 Å². The first kappa shape index (κ1) is 28.0. The maximum atomic E-state index is 14.4. The number of pyridine rings is 1. The van der Waals surface area contributed by atoms with Gasteiger partial charge in [0.1, 0.15) is 12.1 Å². The molecule has 7 heteroatoms. The summed E-state index contributed by atoms with van der Waals surface area (Å²) in [6.45, 7) is 12.5. The van der Waals surface area contributed by atoms with E-state index in [1.165, 1.54) is 17.7 Å². The van der Waals surface area contributed by atoms with Gasteiger partial charge in [-0.25, -0.2) is 4.39 Å². The summed E-state index contributed by atoms with van der Waals surface area (Å²) >= 11 is 0. The minimum atomic E-state index is -0.430. The van der Waals surface area contributed by atoms with Crippen molar-refractivity contribution >= 4 is 23.1 Å². The minimum Gasteiger partial charge on any atom is -0.339 e. The number of carbonyl (C=O) groups excluding carboxylic acids is 2. The number of benzene rings is 1. The van der Waals surface area contributed by atoms with E-state index in [0.717, 1.165) is 55.1 Å². The average Bonchev–Trinajstić information content (AvgIpc) is 3.49. The van der Waals surface area contributed by atoms with E-state index in [4.69, 9.17) is 0 Å². The number of fused-ring (bicyclic) bond motifs is 1. The van der Waals surface area contributed by atoms with Crippen LogP contribution in [0.3, 0.4) is 0 Å². The molecule has 38 heavy (non-hydrogen) atoms. The summed E-state index contributed by atoms with van der Waals surface area (Å²) in [5, 5.41) is 1.15. The molecule has 2 atom stereocenters. The summed E-state index contributed by atoms with van der Waals surface area (Å²) in [5.41, 5.74) is 4.24. The van der Waals surface area contributed by atoms with Crippen LogP contribution in [-0.2, 0) is 11.2 Å². The molecule has 1 saturated heterocycles. The molecule has 0 N–H and O–H groups in total. The van der Waals surface area contributed by atoms with Crippen molar-refractivity contribution in [3.8, 4) is 5.69 Å². The predicted molar refractivity (Wildman–Crippen MR) is 150 cm³/mol. The van der Waals surface area contributed by atoms with Gasteiger partial charge in [-0.05, 0) is 87.7 Å². The number of amides is 1. The maximum absolute atomic E-state index is 14.4. The fourth-order valence-corrected chi connectivity index (χ4v) is 5.93. The van der Waals surface area contributed by atoms with Crippen molar-refractivity contribution < 1.29 is 14.0 Å². The highest BCUT2D eigenvalue weighted by atomic mass is 19.1. The Morgan fingerprint density at radius 3 is 2.68 bits per heavy atom. The molecule has 1 aliphatic heterocycles. The molecule has 1 amide bonds. The lowest BCUT2D eigenvalue weighted by Crippen LogP contribution is -2.37. The van der Waals surface area contributed by atoms with Crippen molar-refractivity contribution in [2.24, 2.45) is 11.8 Å². The van der Waals surface area contributed by atoms with Gasteiger partial charge in [-0.3, -0.25) is 14.7 Å². The van der Waals surface area contributed by atoms with Crippen molar-refractivity contribution in [1.29, 1.82) is 0 Å². The molecule has 0 unspecified atom stereocenters. The number of nitrogens with zero attached hydrogens (tertiary/aromatic N) is 4. The zero-order chi connectivity index (χ0) is 27.6. The zero-order valence-corrected chi connectivity index (χ0v) is 23.6. The van der Waals surface area contributed by atoms with Crippen LogP contribution in [0.4, 0.5) is 4.39 Å². The number of hydrogen-bond acceptors (Lipinski definition) is 4. The highest BCUT2D eigenvalue weighted by Gasteiger charge is 2.31. The normalized spacial score (nSPS) is 17.0. The second-order valence-electron chi connectivity index (χ2n) is 11.5. The van der Waals surface area contributed by atoms with Crippen LogP contribution in [0.25, 0.3) is 16.6 Å². The molecule has 204 valence electrons. The van der Waals surface area contributed by atoms with Gasteiger partial charge in [0.25, 0.3) is 5.91 Å². The molecule has 0 bridgehead atoms. The van der Waals surface area contributed by atoms with Crippen LogP contribution < -0.4 is 0 Å². The minimum absolute atomic E-state index is 0.00833. The van der Waals surface area contributed by atoms with Crippen LogP contribution in [0, 0.1) is 24.6 Å². The van der Waals surface area contributed by atoms with Gasteiger partial charge < -0.3 is 14.3 Å². The Hall–Kier alpha value is -3.06. The third-order valence-electron chi connectivity index (χ3n) is 8.17. The van der Waals surface area contributed by atoms with E-state index < -0.39 is 5.82 Å². The molecule has 0 aliphatic carbocycles. The summed E-state index contributed by atoms with van der Waals surface area (Å²) in [6, 6.07) is 4.86. The molecule has 0 radical (unpaired) electrons. The average molecular weight is 521 g/mol. The van der Waals surface area contributed by atoms with Gasteiger partial charge in [-0.15, -0.1) is 0 Å². The van der Waals surface area contributed by atoms with Crippen molar-refractivity contribution in [2.45, 2.75) is 72.4 Å². The van der Waals surface area contributed by atoms with Crippen LogP contribution in [0.1, 0.15) is 68.4 Å². The third-order valence-corrected chi connectivity index (χ3v) is 8.17. The number of aldehydes is 1. The van der Waals surface area contributed by atoms with Crippen LogP contribution in [0.2, 0.25) is 0 Å². The Bertz CT molecular complexity index is 1300. The van der Waals surface area contributed by atoms with E-state index >= 15 is 0 Å². The van der Waals surface area contributed by atoms with E-state index in [1.807, 2.05) is 30.8 Å². The van der Waals surface area contributed by atoms with E-state index in [-0.39, 0.29) is 11.9 Å². The second kappa shape index (κ2) is 11.8. The highest BCUT2D eigenvalue weighted by molar-refractivity contribution is 5.99. The van der Waals surface area contributed by atoms with Crippen LogP contribution in [0.15, 0.2) is 36.8 Å². The molecule has 4 rings (SSSR count). The van der Waals surface area contributed by atoms with Crippen LogP contribution in [-0.4, -0.2) is 63.8 Å². The Kier molecular flexibility index (Phi) is 8.66. The molecular weight excluding hydrogens is 479 g/mol. The van der Waals surface area contributed by atoms with Gasteiger partial charge in [0.2, 0.25) is 0 Å². The molecule has 1 fully saturated rings. The summed E-state index contributed by atoms with van der Waals surface area (Å²) in [5.74, 6) is 0.364. The van der Waals surface area contributed by atoms with Gasteiger partial charge in [-0.2, -0.15) is 0 Å². The number of hydrogen-bond donors (Lipinski definition) is 0. The summed E-state index contributed by atoms with van der Waals surface area (Å²) in [4.78, 5) is 33.0. The standard InChI is InChI=1S/C31H41FN4O2/c1-20(2)27(8-7-13-37)35-12-11-23(18-35)14-24-19-36(29-17-33-16-22(5)30(24)29)28-10-9-25(32)15-26(28)31(38)34(6)21(3)4/h9-10,13,15-17,19-21,23,27H,7-8,11-12,14,18H2,1-6H3/t23-,27-/m1/s1. The van der Waals surface area contributed by atoms with E-state index in [9.17, 15) is 14.0 Å². The highest BCUT2D eigenvalue weighted by Crippen LogP contribution is 2.33. The van der Waals surface area contributed by atoms with Crippen molar-refractivity contribution in [2.75, 3.05) is 20.1 Å².